The molecule has 1 heterocycles. The van der Waals surface area contributed by atoms with Crippen LogP contribution in [0.15, 0.2) is 42.6 Å². The molecule has 0 aliphatic rings. The molecule has 24 heavy (non-hydrogen) atoms. The number of amides is 2. The summed E-state index contributed by atoms with van der Waals surface area (Å²) in [6, 6.07) is 11.1. The molecule has 0 aliphatic heterocycles. The van der Waals surface area contributed by atoms with Crippen LogP contribution in [0.2, 0.25) is 0 Å². The van der Waals surface area contributed by atoms with E-state index in [-0.39, 0.29) is 17.5 Å². The molecule has 5 nitrogen and oxygen atoms in total. The molecule has 0 saturated heterocycles. The number of pyridine rings is 1. The average molecular weight is 325 g/mol. The van der Waals surface area contributed by atoms with Crippen molar-refractivity contribution in [3.63, 3.8) is 0 Å². The second-order valence-corrected chi connectivity index (χ2v) is 6.20. The second-order valence-electron chi connectivity index (χ2n) is 6.20. The lowest BCUT2D eigenvalue weighted by molar-refractivity contribution is 0.0944. The van der Waals surface area contributed by atoms with Crippen molar-refractivity contribution in [1.29, 1.82) is 0 Å². The van der Waals surface area contributed by atoms with Gasteiger partial charge < -0.3 is 10.6 Å². The fourth-order valence-electron chi connectivity index (χ4n) is 2.07. The molecule has 0 unspecified atom stereocenters. The van der Waals surface area contributed by atoms with Gasteiger partial charge in [-0.3, -0.25) is 14.6 Å². The topological polar surface area (TPSA) is 71.1 Å². The van der Waals surface area contributed by atoms with Gasteiger partial charge in [0.1, 0.15) is 5.69 Å². The summed E-state index contributed by atoms with van der Waals surface area (Å²) in [6.07, 6.45) is 1.48. The minimum Gasteiger partial charge on any atom is -0.350 e. The Morgan fingerprint density at radius 2 is 1.75 bits per heavy atom. The van der Waals surface area contributed by atoms with Gasteiger partial charge in [-0.1, -0.05) is 43.7 Å². The number of aryl methyl sites for hydroxylation is 1. The molecular formula is C19H23N3O2. The monoisotopic (exact) mass is 325 g/mol. The molecule has 0 fully saturated rings. The van der Waals surface area contributed by atoms with Crippen LogP contribution >= 0.6 is 0 Å². The van der Waals surface area contributed by atoms with Gasteiger partial charge in [-0.2, -0.15) is 0 Å². The van der Waals surface area contributed by atoms with Gasteiger partial charge in [0.25, 0.3) is 11.8 Å². The molecule has 2 aromatic rings. The van der Waals surface area contributed by atoms with Crippen LogP contribution in [-0.2, 0) is 6.54 Å². The molecule has 0 bridgehead atoms. The number of carbonyl (C=O) groups excluding carboxylic acids is 2. The summed E-state index contributed by atoms with van der Waals surface area (Å²) < 4.78 is 0. The van der Waals surface area contributed by atoms with Crippen molar-refractivity contribution in [2.75, 3.05) is 6.54 Å². The Labute approximate surface area is 142 Å². The van der Waals surface area contributed by atoms with Crippen molar-refractivity contribution in [2.24, 2.45) is 5.92 Å². The maximum atomic E-state index is 12.3. The van der Waals surface area contributed by atoms with Crippen LogP contribution in [0, 0.1) is 12.8 Å². The van der Waals surface area contributed by atoms with Crippen molar-refractivity contribution in [3.05, 3.63) is 65.0 Å². The number of carbonyl (C=O) groups is 2. The van der Waals surface area contributed by atoms with Gasteiger partial charge in [0.15, 0.2) is 0 Å². The largest absolute Gasteiger partial charge is 0.350 e. The number of nitrogens with zero attached hydrogens (tertiary/aromatic N) is 1. The molecule has 2 rings (SSSR count). The molecule has 0 spiro atoms. The normalized spacial score (nSPS) is 10.5. The quantitative estimate of drug-likeness (QED) is 0.858. The Kier molecular flexibility index (Phi) is 6.07. The summed E-state index contributed by atoms with van der Waals surface area (Å²) in [5.74, 6) is -0.136. The van der Waals surface area contributed by atoms with Gasteiger partial charge in [0.2, 0.25) is 0 Å². The SMILES string of the molecule is Cc1ccc(CNC(=O)c2ccnc(C(=O)NCC(C)C)c2)cc1. The van der Waals surface area contributed by atoms with E-state index >= 15 is 0 Å². The van der Waals surface area contributed by atoms with E-state index in [1.165, 1.54) is 17.8 Å². The average Bonchev–Trinajstić information content (AvgIpc) is 2.59. The highest BCUT2D eigenvalue weighted by Crippen LogP contribution is 2.05. The van der Waals surface area contributed by atoms with E-state index in [4.69, 9.17) is 0 Å². The van der Waals surface area contributed by atoms with Crippen molar-refractivity contribution >= 4 is 11.8 Å². The van der Waals surface area contributed by atoms with Gasteiger partial charge in [-0.15, -0.1) is 0 Å². The fraction of sp³-hybridized carbons (Fsp3) is 0.316. The van der Waals surface area contributed by atoms with Gasteiger partial charge in [-0.25, -0.2) is 0 Å². The number of rotatable bonds is 6. The Hall–Kier alpha value is -2.69. The zero-order valence-electron chi connectivity index (χ0n) is 14.3. The van der Waals surface area contributed by atoms with Crippen LogP contribution in [0.4, 0.5) is 0 Å². The predicted octanol–water partition coefficient (Wildman–Crippen LogP) is 2.71. The van der Waals surface area contributed by atoms with E-state index in [1.54, 1.807) is 6.07 Å². The van der Waals surface area contributed by atoms with Crippen molar-refractivity contribution < 1.29 is 9.59 Å². The second kappa shape index (κ2) is 8.24. The van der Waals surface area contributed by atoms with E-state index in [1.807, 2.05) is 45.0 Å². The zero-order valence-corrected chi connectivity index (χ0v) is 14.3. The Morgan fingerprint density at radius 1 is 1.04 bits per heavy atom. The first-order chi connectivity index (χ1) is 11.5. The van der Waals surface area contributed by atoms with E-state index in [0.29, 0.717) is 24.6 Å². The lowest BCUT2D eigenvalue weighted by atomic mass is 10.1. The molecule has 0 atom stereocenters. The van der Waals surface area contributed by atoms with Crippen LogP contribution in [-0.4, -0.2) is 23.3 Å². The van der Waals surface area contributed by atoms with E-state index in [2.05, 4.69) is 15.6 Å². The molecule has 1 aromatic carbocycles. The maximum absolute atomic E-state index is 12.3. The highest BCUT2D eigenvalue weighted by molar-refractivity contribution is 5.98. The van der Waals surface area contributed by atoms with Crippen molar-refractivity contribution in [2.45, 2.75) is 27.3 Å². The smallest absolute Gasteiger partial charge is 0.269 e. The molecule has 0 saturated carbocycles. The maximum Gasteiger partial charge on any atom is 0.269 e. The summed E-state index contributed by atoms with van der Waals surface area (Å²) in [7, 11) is 0. The first-order valence-corrected chi connectivity index (χ1v) is 8.03. The molecule has 2 amide bonds. The zero-order chi connectivity index (χ0) is 17.5. The van der Waals surface area contributed by atoms with Gasteiger partial charge >= 0.3 is 0 Å². The first-order valence-electron chi connectivity index (χ1n) is 8.03. The molecule has 126 valence electrons. The summed E-state index contributed by atoms with van der Waals surface area (Å²) >= 11 is 0. The lowest BCUT2D eigenvalue weighted by Gasteiger charge is -2.09. The van der Waals surface area contributed by atoms with Crippen LogP contribution in [0.3, 0.4) is 0 Å². The van der Waals surface area contributed by atoms with Crippen LogP contribution in [0.5, 0.6) is 0 Å². The van der Waals surface area contributed by atoms with Gasteiger partial charge in [-0.05, 0) is 30.5 Å². The van der Waals surface area contributed by atoms with E-state index < -0.39 is 0 Å². The Bertz CT molecular complexity index is 709. The van der Waals surface area contributed by atoms with Crippen LogP contribution in [0.1, 0.15) is 45.8 Å². The molecule has 5 heteroatoms. The molecule has 2 N–H and O–H groups in total. The standard InChI is InChI=1S/C19H23N3O2/c1-13(2)11-21-19(24)17-10-16(8-9-20-17)18(23)22-12-15-6-4-14(3)5-7-15/h4-10,13H,11-12H2,1-3H3,(H,21,24)(H,22,23). The van der Waals surface area contributed by atoms with Gasteiger partial charge in [0.05, 0.1) is 0 Å². The van der Waals surface area contributed by atoms with Gasteiger partial charge in [0, 0.05) is 24.8 Å². The predicted molar refractivity (Wildman–Crippen MR) is 93.8 cm³/mol. The van der Waals surface area contributed by atoms with Crippen LogP contribution in [0.25, 0.3) is 0 Å². The van der Waals surface area contributed by atoms with Crippen LogP contribution < -0.4 is 10.6 Å². The Balaban J connectivity index is 1.98. The van der Waals surface area contributed by atoms with E-state index in [9.17, 15) is 9.59 Å². The summed E-state index contributed by atoms with van der Waals surface area (Å²) in [5.41, 5.74) is 2.87. The van der Waals surface area contributed by atoms with Crippen molar-refractivity contribution in [3.8, 4) is 0 Å². The first kappa shape index (κ1) is 17.7. The highest BCUT2D eigenvalue weighted by atomic mass is 16.2. The van der Waals surface area contributed by atoms with E-state index in [0.717, 1.165) is 5.56 Å². The molecule has 0 radical (unpaired) electrons. The number of hydrogen-bond donors (Lipinski definition) is 2. The molecular weight excluding hydrogens is 302 g/mol. The summed E-state index contributed by atoms with van der Waals surface area (Å²) in [5, 5.41) is 5.65. The summed E-state index contributed by atoms with van der Waals surface area (Å²) in [4.78, 5) is 28.3. The van der Waals surface area contributed by atoms with Crippen molar-refractivity contribution in [1.82, 2.24) is 15.6 Å². The number of nitrogens with one attached hydrogen (secondary N) is 2. The third-order valence-electron chi connectivity index (χ3n) is 3.50. The lowest BCUT2D eigenvalue weighted by Crippen LogP contribution is -2.29. The number of aromatic nitrogens is 1. The minimum absolute atomic E-state index is 0.226. The number of benzene rings is 1. The fourth-order valence-corrected chi connectivity index (χ4v) is 2.07. The molecule has 0 aliphatic carbocycles. The Morgan fingerprint density at radius 3 is 2.42 bits per heavy atom. The number of hydrogen-bond acceptors (Lipinski definition) is 3. The molecule has 1 aromatic heterocycles. The third-order valence-corrected chi connectivity index (χ3v) is 3.50. The summed E-state index contributed by atoms with van der Waals surface area (Å²) in [6.45, 7) is 7.07. The third kappa shape index (κ3) is 5.19. The minimum atomic E-state index is -0.267. The highest BCUT2D eigenvalue weighted by Gasteiger charge is 2.12.